The Balaban J connectivity index is 2.02. The van der Waals surface area contributed by atoms with Crippen LogP contribution >= 0.6 is 0 Å². The molecule has 0 heterocycles. The van der Waals surface area contributed by atoms with Gasteiger partial charge in [-0.25, -0.2) is 4.39 Å². The minimum atomic E-state index is -4.65. The summed E-state index contributed by atoms with van der Waals surface area (Å²) in [6, 6.07) is 8.93. The molecule has 0 aliphatic rings. The lowest BCUT2D eigenvalue weighted by molar-refractivity contribution is -0.153. The zero-order valence-corrected chi connectivity index (χ0v) is 16.2. The van der Waals surface area contributed by atoms with Crippen molar-refractivity contribution in [3.8, 4) is 11.5 Å². The van der Waals surface area contributed by atoms with Crippen LogP contribution in [0, 0.1) is 5.82 Å². The maximum Gasteiger partial charge on any atom is 0.422 e. The molecule has 1 unspecified atom stereocenters. The number of carbonyl (C=O) groups is 2. The van der Waals surface area contributed by atoms with Crippen molar-refractivity contribution in [2.24, 2.45) is 0 Å². The predicted molar refractivity (Wildman–Crippen MR) is 101 cm³/mol. The molecule has 1 atom stereocenters. The highest BCUT2D eigenvalue weighted by Crippen LogP contribution is 2.27. The second kappa shape index (κ2) is 9.95. The van der Waals surface area contributed by atoms with Gasteiger partial charge in [0.15, 0.2) is 6.61 Å². The summed E-state index contributed by atoms with van der Waals surface area (Å²) in [6.45, 7) is 2.32. The normalized spacial score (nSPS) is 12.1. The Labute approximate surface area is 170 Å². The Hall–Kier alpha value is -3.30. The fourth-order valence-corrected chi connectivity index (χ4v) is 2.42. The molecule has 0 spiro atoms. The van der Waals surface area contributed by atoms with Gasteiger partial charge in [0.1, 0.15) is 17.3 Å². The van der Waals surface area contributed by atoms with Crippen molar-refractivity contribution in [3.05, 3.63) is 53.8 Å². The molecule has 0 aliphatic carbocycles. The summed E-state index contributed by atoms with van der Waals surface area (Å²) in [7, 11) is 0. The summed E-state index contributed by atoms with van der Waals surface area (Å²) < 4.78 is 60.3. The summed E-state index contributed by atoms with van der Waals surface area (Å²) in [5.41, 5.74) is 0.435. The maximum atomic E-state index is 13.3. The molecule has 0 aliphatic heterocycles. The Morgan fingerprint density at radius 2 is 1.70 bits per heavy atom. The summed E-state index contributed by atoms with van der Waals surface area (Å²) in [4.78, 5) is 24.3. The number of nitrogens with one attached hydrogen (secondary N) is 2. The van der Waals surface area contributed by atoms with Gasteiger partial charge in [-0.3, -0.25) is 9.59 Å². The minimum absolute atomic E-state index is 0.269. The van der Waals surface area contributed by atoms with Gasteiger partial charge in [-0.05, 0) is 43.7 Å². The van der Waals surface area contributed by atoms with Crippen molar-refractivity contribution in [3.63, 3.8) is 0 Å². The average molecular weight is 428 g/mol. The van der Waals surface area contributed by atoms with E-state index in [-0.39, 0.29) is 5.69 Å². The number of rotatable bonds is 7. The van der Waals surface area contributed by atoms with Crippen LogP contribution in [0.25, 0.3) is 0 Å². The Bertz CT molecular complexity index is 885. The zero-order chi connectivity index (χ0) is 22.3. The quantitative estimate of drug-likeness (QED) is 0.517. The van der Waals surface area contributed by atoms with Crippen LogP contribution in [0.2, 0.25) is 0 Å². The number of amides is 2. The van der Waals surface area contributed by atoms with Crippen molar-refractivity contribution in [2.45, 2.75) is 26.1 Å². The third-order valence-corrected chi connectivity index (χ3v) is 3.83. The zero-order valence-electron chi connectivity index (χ0n) is 16.2. The summed E-state index contributed by atoms with van der Waals surface area (Å²) >= 11 is 0. The number of ether oxygens (including phenoxy) is 2. The first-order valence-electron chi connectivity index (χ1n) is 8.92. The van der Waals surface area contributed by atoms with E-state index in [1.807, 2.05) is 6.92 Å². The fraction of sp³-hybridized carbons (Fsp3) is 0.300. The standard InChI is InChI=1S/C20H20F4N2O4/c1-3-29-15-7-4-13(5-8-15)12(2)25-18(27)19(28)26-16-9-6-14(21)10-17(16)30-11-20(22,23)24/h4-10,12H,3,11H2,1-2H3,(H,25,27)(H,26,28). The van der Waals surface area contributed by atoms with Crippen molar-refractivity contribution in [2.75, 3.05) is 18.5 Å². The van der Waals surface area contributed by atoms with Gasteiger partial charge in [0.05, 0.1) is 18.3 Å². The predicted octanol–water partition coefficient (Wildman–Crippen LogP) is 3.98. The first-order chi connectivity index (χ1) is 14.1. The molecule has 6 nitrogen and oxygen atoms in total. The van der Waals surface area contributed by atoms with Gasteiger partial charge in [0, 0.05) is 6.07 Å². The van der Waals surface area contributed by atoms with E-state index in [1.165, 1.54) is 0 Å². The van der Waals surface area contributed by atoms with Crippen LogP contribution in [0.4, 0.5) is 23.2 Å². The van der Waals surface area contributed by atoms with E-state index in [4.69, 9.17) is 4.74 Å². The van der Waals surface area contributed by atoms with Crippen molar-refractivity contribution >= 4 is 17.5 Å². The maximum absolute atomic E-state index is 13.3. The van der Waals surface area contributed by atoms with E-state index in [1.54, 1.807) is 31.2 Å². The van der Waals surface area contributed by atoms with Gasteiger partial charge in [-0.2, -0.15) is 13.2 Å². The van der Waals surface area contributed by atoms with E-state index >= 15 is 0 Å². The Kier molecular flexibility index (Phi) is 7.62. The summed E-state index contributed by atoms with van der Waals surface area (Å²) in [6.07, 6.45) is -4.65. The molecule has 0 saturated heterocycles. The Morgan fingerprint density at radius 1 is 1.03 bits per heavy atom. The van der Waals surface area contributed by atoms with Crippen LogP contribution in [0.5, 0.6) is 11.5 Å². The summed E-state index contributed by atoms with van der Waals surface area (Å²) in [5, 5.41) is 4.59. The van der Waals surface area contributed by atoms with E-state index in [0.29, 0.717) is 24.0 Å². The largest absolute Gasteiger partial charge is 0.494 e. The van der Waals surface area contributed by atoms with Gasteiger partial charge >= 0.3 is 18.0 Å². The van der Waals surface area contributed by atoms with E-state index in [9.17, 15) is 27.2 Å². The third-order valence-electron chi connectivity index (χ3n) is 3.83. The molecule has 0 fully saturated rings. The summed E-state index contributed by atoms with van der Waals surface area (Å²) in [5.74, 6) is -2.93. The van der Waals surface area contributed by atoms with Gasteiger partial charge in [-0.15, -0.1) is 0 Å². The molecule has 2 N–H and O–H groups in total. The third kappa shape index (κ3) is 6.94. The molecular weight excluding hydrogens is 408 g/mol. The first kappa shape index (κ1) is 23.0. The van der Waals surface area contributed by atoms with E-state index < -0.39 is 42.2 Å². The highest BCUT2D eigenvalue weighted by atomic mass is 19.4. The molecule has 0 aromatic heterocycles. The highest BCUT2D eigenvalue weighted by molar-refractivity contribution is 6.39. The molecule has 2 aromatic carbocycles. The van der Waals surface area contributed by atoms with Crippen molar-refractivity contribution in [1.29, 1.82) is 0 Å². The van der Waals surface area contributed by atoms with Crippen LogP contribution in [0.3, 0.4) is 0 Å². The second-order valence-electron chi connectivity index (χ2n) is 6.20. The minimum Gasteiger partial charge on any atom is -0.494 e. The van der Waals surface area contributed by atoms with Crippen molar-refractivity contribution in [1.82, 2.24) is 5.32 Å². The van der Waals surface area contributed by atoms with Crippen molar-refractivity contribution < 1.29 is 36.6 Å². The molecule has 30 heavy (non-hydrogen) atoms. The van der Waals surface area contributed by atoms with Crippen LogP contribution in [0.15, 0.2) is 42.5 Å². The molecular formula is C20H20F4N2O4. The van der Waals surface area contributed by atoms with E-state index in [2.05, 4.69) is 15.4 Å². The number of carbonyl (C=O) groups excluding carboxylic acids is 2. The molecule has 2 amide bonds. The molecule has 0 bridgehead atoms. The van der Waals surface area contributed by atoms with Gasteiger partial charge in [-0.1, -0.05) is 12.1 Å². The topological polar surface area (TPSA) is 76.7 Å². The lowest BCUT2D eigenvalue weighted by atomic mass is 10.1. The second-order valence-corrected chi connectivity index (χ2v) is 6.20. The van der Waals surface area contributed by atoms with Crippen LogP contribution in [-0.4, -0.2) is 31.2 Å². The van der Waals surface area contributed by atoms with Gasteiger partial charge in [0.25, 0.3) is 0 Å². The van der Waals surface area contributed by atoms with Gasteiger partial charge < -0.3 is 20.1 Å². The van der Waals surface area contributed by atoms with Crippen LogP contribution < -0.4 is 20.1 Å². The number of anilines is 1. The fourth-order valence-electron chi connectivity index (χ4n) is 2.42. The average Bonchev–Trinajstić information content (AvgIpc) is 2.68. The molecule has 2 rings (SSSR count). The first-order valence-corrected chi connectivity index (χ1v) is 8.92. The monoisotopic (exact) mass is 428 g/mol. The van der Waals surface area contributed by atoms with E-state index in [0.717, 1.165) is 12.1 Å². The molecule has 10 heteroatoms. The SMILES string of the molecule is CCOc1ccc(C(C)NC(=O)C(=O)Nc2ccc(F)cc2OCC(F)(F)F)cc1. The van der Waals surface area contributed by atoms with Crippen LogP contribution in [-0.2, 0) is 9.59 Å². The molecule has 0 saturated carbocycles. The smallest absolute Gasteiger partial charge is 0.422 e. The lowest BCUT2D eigenvalue weighted by Gasteiger charge is -2.16. The molecule has 162 valence electrons. The highest BCUT2D eigenvalue weighted by Gasteiger charge is 2.29. The lowest BCUT2D eigenvalue weighted by Crippen LogP contribution is -2.37. The Morgan fingerprint density at radius 3 is 2.30 bits per heavy atom. The molecule has 0 radical (unpaired) electrons. The number of hydrogen-bond donors (Lipinski definition) is 2. The number of hydrogen-bond acceptors (Lipinski definition) is 4. The number of halogens is 4. The van der Waals surface area contributed by atoms with Gasteiger partial charge in [0.2, 0.25) is 0 Å². The number of benzene rings is 2. The number of alkyl halides is 3. The molecule has 2 aromatic rings. The van der Waals surface area contributed by atoms with Crippen LogP contribution in [0.1, 0.15) is 25.5 Å².